The van der Waals surface area contributed by atoms with Gasteiger partial charge in [-0.25, -0.2) is 4.98 Å². The number of fused-ring (bicyclic) bond motifs is 1. The molecule has 0 bridgehead atoms. The first kappa shape index (κ1) is 15.6. The fraction of sp³-hybridized carbons (Fsp3) is 0.235. The molecule has 7 heteroatoms. The number of ether oxygens (including phenoxy) is 1. The predicted molar refractivity (Wildman–Crippen MR) is 97.7 cm³/mol. The number of halogens is 2. The van der Waals surface area contributed by atoms with Gasteiger partial charge in [-0.1, -0.05) is 11.6 Å². The lowest BCUT2D eigenvalue weighted by Crippen LogP contribution is -2.25. The molecule has 1 aromatic carbocycles. The first-order valence-corrected chi connectivity index (χ1v) is 8.79. The van der Waals surface area contributed by atoms with Crippen molar-refractivity contribution in [2.24, 2.45) is 0 Å². The summed E-state index contributed by atoms with van der Waals surface area (Å²) in [5.41, 5.74) is 1.65. The van der Waals surface area contributed by atoms with Crippen molar-refractivity contribution in [2.45, 2.75) is 12.5 Å². The van der Waals surface area contributed by atoms with Crippen LogP contribution in [-0.2, 0) is 0 Å². The summed E-state index contributed by atoms with van der Waals surface area (Å²) in [4.78, 5) is 15.4. The molecule has 0 saturated carbocycles. The van der Waals surface area contributed by atoms with Crippen molar-refractivity contribution in [3.8, 4) is 5.75 Å². The second kappa shape index (κ2) is 6.53. The van der Waals surface area contributed by atoms with E-state index < -0.39 is 0 Å². The number of pyridine rings is 1. The van der Waals surface area contributed by atoms with Crippen LogP contribution in [0.25, 0.3) is 11.0 Å². The van der Waals surface area contributed by atoms with Gasteiger partial charge >= 0.3 is 0 Å². The Bertz CT molecular complexity index is 891. The number of anilines is 1. The summed E-state index contributed by atoms with van der Waals surface area (Å²) in [6, 6.07) is 7.42. The normalized spacial score (nSPS) is 17.4. The predicted octanol–water partition coefficient (Wildman–Crippen LogP) is 4.10. The summed E-state index contributed by atoms with van der Waals surface area (Å²) in [5, 5.41) is 0.669. The van der Waals surface area contributed by atoms with E-state index in [2.05, 4.69) is 35.8 Å². The van der Waals surface area contributed by atoms with Gasteiger partial charge in [0.25, 0.3) is 0 Å². The van der Waals surface area contributed by atoms with Crippen LogP contribution in [0.1, 0.15) is 6.42 Å². The summed E-state index contributed by atoms with van der Waals surface area (Å²) in [5.74, 6) is 1.68. The zero-order valence-electron chi connectivity index (χ0n) is 12.7. The standard InChI is InChI=1S/C17H14BrClN4O/c18-13-8-20-5-3-16(13)24-12-4-6-23(10-12)17-9-21-15-7-11(19)1-2-14(15)22-17/h1-3,5,7-9,12H,4,6,10H2. The van der Waals surface area contributed by atoms with Gasteiger partial charge in [0.2, 0.25) is 0 Å². The lowest BCUT2D eigenvalue weighted by atomic mass is 10.3. The summed E-state index contributed by atoms with van der Waals surface area (Å²) in [6.45, 7) is 1.67. The number of benzene rings is 1. The monoisotopic (exact) mass is 404 g/mol. The Balaban J connectivity index is 1.50. The average Bonchev–Trinajstić information content (AvgIpc) is 3.05. The van der Waals surface area contributed by atoms with Crippen molar-refractivity contribution in [2.75, 3.05) is 18.0 Å². The lowest BCUT2D eigenvalue weighted by Gasteiger charge is -2.18. The SMILES string of the molecule is Clc1ccc2nc(N3CCC(Oc4ccncc4Br)C3)cnc2c1. The molecule has 0 N–H and O–H groups in total. The molecule has 0 radical (unpaired) electrons. The average molecular weight is 406 g/mol. The topological polar surface area (TPSA) is 51.1 Å². The van der Waals surface area contributed by atoms with Gasteiger partial charge < -0.3 is 9.64 Å². The first-order chi connectivity index (χ1) is 11.7. The number of nitrogens with zero attached hydrogens (tertiary/aromatic N) is 4. The molecular weight excluding hydrogens is 392 g/mol. The van der Waals surface area contributed by atoms with Gasteiger partial charge in [0.15, 0.2) is 0 Å². The van der Waals surface area contributed by atoms with Crippen LogP contribution in [0.2, 0.25) is 5.02 Å². The Morgan fingerprint density at radius 3 is 3.00 bits per heavy atom. The summed E-state index contributed by atoms with van der Waals surface area (Å²) in [7, 11) is 0. The molecule has 0 aliphatic carbocycles. The van der Waals surface area contributed by atoms with Gasteiger partial charge in [-0.2, -0.15) is 0 Å². The van der Waals surface area contributed by atoms with Gasteiger partial charge in [-0.3, -0.25) is 9.97 Å². The molecule has 1 unspecified atom stereocenters. The Morgan fingerprint density at radius 1 is 1.21 bits per heavy atom. The summed E-state index contributed by atoms with van der Waals surface area (Å²) >= 11 is 9.45. The minimum Gasteiger partial charge on any atom is -0.487 e. The molecule has 1 fully saturated rings. The van der Waals surface area contributed by atoms with Gasteiger partial charge in [0.1, 0.15) is 17.7 Å². The molecule has 3 heterocycles. The van der Waals surface area contributed by atoms with Crippen molar-refractivity contribution in [3.05, 3.63) is 52.4 Å². The van der Waals surface area contributed by atoms with Gasteiger partial charge in [-0.15, -0.1) is 0 Å². The maximum absolute atomic E-state index is 6.07. The molecule has 24 heavy (non-hydrogen) atoms. The van der Waals surface area contributed by atoms with Gasteiger partial charge in [0.05, 0.1) is 28.2 Å². The third kappa shape index (κ3) is 3.16. The molecule has 4 rings (SSSR count). The van der Waals surface area contributed by atoms with Crippen molar-refractivity contribution in [1.82, 2.24) is 15.0 Å². The van der Waals surface area contributed by atoms with Crippen molar-refractivity contribution in [1.29, 1.82) is 0 Å². The third-order valence-electron chi connectivity index (χ3n) is 3.99. The summed E-state index contributed by atoms with van der Waals surface area (Å²) in [6.07, 6.45) is 6.32. The highest BCUT2D eigenvalue weighted by Crippen LogP contribution is 2.28. The van der Waals surface area contributed by atoms with E-state index >= 15 is 0 Å². The van der Waals surface area contributed by atoms with Crippen LogP contribution in [0.3, 0.4) is 0 Å². The molecule has 1 atom stereocenters. The van der Waals surface area contributed by atoms with Gasteiger partial charge in [-0.05, 0) is 40.2 Å². The number of aromatic nitrogens is 3. The Labute approximate surface area is 152 Å². The molecule has 0 spiro atoms. The van der Waals surface area contributed by atoms with Crippen LogP contribution < -0.4 is 9.64 Å². The van der Waals surface area contributed by atoms with E-state index in [1.165, 1.54) is 0 Å². The molecule has 1 aliphatic heterocycles. The van der Waals surface area contributed by atoms with Crippen molar-refractivity contribution < 1.29 is 4.74 Å². The molecule has 5 nitrogen and oxygen atoms in total. The van der Waals surface area contributed by atoms with Crippen LogP contribution in [0.4, 0.5) is 5.82 Å². The molecule has 1 aliphatic rings. The first-order valence-electron chi connectivity index (χ1n) is 7.62. The third-order valence-corrected chi connectivity index (χ3v) is 4.82. The Morgan fingerprint density at radius 2 is 2.12 bits per heavy atom. The van der Waals surface area contributed by atoms with E-state index in [0.717, 1.165) is 46.6 Å². The minimum absolute atomic E-state index is 0.117. The van der Waals surface area contributed by atoms with E-state index in [1.807, 2.05) is 24.3 Å². The van der Waals surface area contributed by atoms with E-state index in [1.54, 1.807) is 18.6 Å². The highest BCUT2D eigenvalue weighted by molar-refractivity contribution is 9.10. The molecule has 1 saturated heterocycles. The second-order valence-electron chi connectivity index (χ2n) is 5.64. The van der Waals surface area contributed by atoms with Crippen molar-refractivity contribution in [3.63, 3.8) is 0 Å². The number of hydrogen-bond acceptors (Lipinski definition) is 5. The Hall–Kier alpha value is -1.92. The molecule has 122 valence electrons. The molecular formula is C17H14BrClN4O. The molecule has 2 aromatic heterocycles. The smallest absolute Gasteiger partial charge is 0.147 e. The number of rotatable bonds is 3. The lowest BCUT2D eigenvalue weighted by molar-refractivity contribution is 0.223. The van der Waals surface area contributed by atoms with Gasteiger partial charge in [0, 0.05) is 30.4 Å². The fourth-order valence-corrected chi connectivity index (χ4v) is 3.31. The van der Waals surface area contributed by atoms with E-state index in [9.17, 15) is 0 Å². The summed E-state index contributed by atoms with van der Waals surface area (Å²) < 4.78 is 6.93. The number of hydrogen-bond donors (Lipinski definition) is 0. The van der Waals surface area contributed by atoms with Crippen LogP contribution in [0.15, 0.2) is 47.3 Å². The van der Waals surface area contributed by atoms with Crippen LogP contribution in [-0.4, -0.2) is 34.1 Å². The second-order valence-corrected chi connectivity index (χ2v) is 6.93. The maximum Gasteiger partial charge on any atom is 0.147 e. The van der Waals surface area contributed by atoms with E-state index in [-0.39, 0.29) is 6.10 Å². The highest BCUT2D eigenvalue weighted by Gasteiger charge is 2.26. The van der Waals surface area contributed by atoms with Crippen molar-refractivity contribution >= 4 is 44.4 Å². The van der Waals surface area contributed by atoms with Crippen LogP contribution >= 0.6 is 27.5 Å². The quantitative estimate of drug-likeness (QED) is 0.657. The highest BCUT2D eigenvalue weighted by atomic mass is 79.9. The van der Waals surface area contributed by atoms with Crippen LogP contribution in [0, 0.1) is 0 Å². The molecule has 3 aromatic rings. The fourth-order valence-electron chi connectivity index (χ4n) is 2.80. The molecule has 0 amide bonds. The minimum atomic E-state index is 0.117. The van der Waals surface area contributed by atoms with Crippen LogP contribution in [0.5, 0.6) is 5.75 Å². The zero-order chi connectivity index (χ0) is 16.5. The zero-order valence-corrected chi connectivity index (χ0v) is 15.0. The largest absolute Gasteiger partial charge is 0.487 e. The van der Waals surface area contributed by atoms with E-state index in [0.29, 0.717) is 5.02 Å². The maximum atomic E-state index is 6.07. The van der Waals surface area contributed by atoms with E-state index in [4.69, 9.17) is 16.3 Å². The Kier molecular flexibility index (Phi) is 4.24.